The third-order valence-electron chi connectivity index (χ3n) is 5.48. The predicted octanol–water partition coefficient (Wildman–Crippen LogP) is 3.26. The Bertz CT molecular complexity index is 1160. The first kappa shape index (κ1) is 24.5. The molecule has 0 atom stereocenters. The topological polar surface area (TPSA) is 89.8 Å². The first-order valence-corrected chi connectivity index (χ1v) is 10.9. The minimum absolute atomic E-state index is 0.0801. The summed E-state index contributed by atoms with van der Waals surface area (Å²) >= 11 is 0. The normalized spacial score (nSPS) is 15.1. The molecule has 0 radical (unpaired) electrons. The number of rotatable bonds is 7. The number of hydrazone groups is 1. The highest BCUT2D eigenvalue weighted by Gasteiger charge is 2.30. The van der Waals surface area contributed by atoms with Crippen molar-refractivity contribution in [2.45, 2.75) is 6.18 Å². The smallest absolute Gasteiger partial charge is 0.395 e. The summed E-state index contributed by atoms with van der Waals surface area (Å²) in [6.45, 7) is 3.17. The zero-order valence-corrected chi connectivity index (χ0v) is 18.6. The van der Waals surface area contributed by atoms with Crippen molar-refractivity contribution in [1.29, 1.82) is 0 Å². The first-order valence-electron chi connectivity index (χ1n) is 10.9. The minimum atomic E-state index is -4.42. The van der Waals surface area contributed by atoms with Gasteiger partial charge < -0.3 is 10.0 Å². The fraction of sp³-hybridized carbons (Fsp3) is 0.304. The highest BCUT2D eigenvalue weighted by Crippen LogP contribution is 2.32. The fourth-order valence-electron chi connectivity index (χ4n) is 3.64. The predicted molar refractivity (Wildman–Crippen MR) is 124 cm³/mol. The Balaban J connectivity index is 1.39. The summed E-state index contributed by atoms with van der Waals surface area (Å²) in [4.78, 5) is 16.2. The molecule has 0 saturated carbocycles. The average Bonchev–Trinajstić information content (AvgIpc) is 2.86. The number of nitrogens with one attached hydrogen (secondary N) is 1. The molecule has 35 heavy (non-hydrogen) atoms. The SMILES string of the molecule is OCCN1CCN(c2nc(N/N=C/c3ccc(-c4cccc(C(F)(F)F)c4)cn3)ncc2F)CC1. The summed E-state index contributed by atoms with van der Waals surface area (Å²) in [5, 5.41) is 13.1. The number of aliphatic hydroxyl groups excluding tert-OH is 1. The van der Waals surface area contributed by atoms with Crippen LogP contribution in [0.2, 0.25) is 0 Å². The van der Waals surface area contributed by atoms with Gasteiger partial charge in [-0.25, -0.2) is 14.8 Å². The zero-order valence-electron chi connectivity index (χ0n) is 18.6. The van der Waals surface area contributed by atoms with Gasteiger partial charge in [0.1, 0.15) is 0 Å². The number of halogens is 4. The summed E-state index contributed by atoms with van der Waals surface area (Å²) in [6.07, 6.45) is -0.490. The lowest BCUT2D eigenvalue weighted by Crippen LogP contribution is -2.47. The van der Waals surface area contributed by atoms with Crippen molar-refractivity contribution in [3.8, 4) is 11.1 Å². The lowest BCUT2D eigenvalue weighted by atomic mass is 10.0. The van der Waals surface area contributed by atoms with E-state index in [-0.39, 0.29) is 18.4 Å². The van der Waals surface area contributed by atoms with E-state index in [0.717, 1.165) is 18.3 Å². The molecule has 1 aliphatic heterocycles. The summed E-state index contributed by atoms with van der Waals surface area (Å²) in [5.41, 5.74) is 3.31. The van der Waals surface area contributed by atoms with Crippen LogP contribution in [0, 0.1) is 5.82 Å². The van der Waals surface area contributed by atoms with Crippen LogP contribution in [0.5, 0.6) is 0 Å². The van der Waals surface area contributed by atoms with Gasteiger partial charge in [0.25, 0.3) is 0 Å². The lowest BCUT2D eigenvalue weighted by molar-refractivity contribution is -0.137. The largest absolute Gasteiger partial charge is 0.416 e. The molecule has 3 aromatic rings. The number of hydrogen-bond acceptors (Lipinski definition) is 8. The molecule has 0 aliphatic carbocycles. The molecule has 184 valence electrons. The second kappa shape index (κ2) is 10.7. The summed E-state index contributed by atoms with van der Waals surface area (Å²) in [5.74, 6) is -0.261. The van der Waals surface area contributed by atoms with E-state index in [1.54, 1.807) is 18.2 Å². The number of alkyl halides is 3. The molecule has 1 aromatic carbocycles. The number of piperazine rings is 1. The standard InChI is InChI=1S/C23H23F4N7O/c24-20-15-29-22(31-21(20)34-8-6-33(7-9-34)10-11-35)32-30-14-19-5-4-17(13-28-19)16-2-1-3-18(12-16)23(25,26)27/h1-5,12-15,35H,6-11H2,(H,29,31,32)/b30-14+. The maximum atomic E-state index is 14.3. The van der Waals surface area contributed by atoms with Crippen molar-refractivity contribution < 1.29 is 22.7 Å². The van der Waals surface area contributed by atoms with Crippen LogP contribution >= 0.6 is 0 Å². The number of nitrogens with zero attached hydrogens (tertiary/aromatic N) is 6. The Hall–Kier alpha value is -3.64. The molecule has 0 bridgehead atoms. The molecule has 4 rings (SSSR count). The second-order valence-electron chi connectivity index (χ2n) is 7.84. The highest BCUT2D eigenvalue weighted by atomic mass is 19.4. The van der Waals surface area contributed by atoms with Crippen molar-refractivity contribution in [2.75, 3.05) is 49.7 Å². The second-order valence-corrected chi connectivity index (χ2v) is 7.84. The molecule has 8 nitrogen and oxygen atoms in total. The zero-order chi connectivity index (χ0) is 24.8. The number of benzene rings is 1. The number of pyridine rings is 1. The molecule has 1 saturated heterocycles. The molecule has 2 aromatic heterocycles. The van der Waals surface area contributed by atoms with Gasteiger partial charge in [0.05, 0.1) is 30.3 Å². The Kier molecular flexibility index (Phi) is 7.51. The number of aliphatic hydroxyl groups is 1. The molecule has 1 aliphatic rings. The number of β-amino-alcohol motifs (C(OH)–C–C–N with tert-alkyl or cyclic N) is 1. The van der Waals surface area contributed by atoms with E-state index >= 15 is 0 Å². The van der Waals surface area contributed by atoms with Gasteiger partial charge >= 0.3 is 6.18 Å². The lowest BCUT2D eigenvalue weighted by Gasteiger charge is -2.35. The number of aromatic nitrogens is 3. The number of hydrogen-bond donors (Lipinski definition) is 2. The maximum Gasteiger partial charge on any atom is 0.416 e. The van der Waals surface area contributed by atoms with Crippen LogP contribution in [-0.4, -0.2) is 70.5 Å². The Morgan fingerprint density at radius 1 is 1.03 bits per heavy atom. The van der Waals surface area contributed by atoms with E-state index in [1.165, 1.54) is 18.5 Å². The van der Waals surface area contributed by atoms with Gasteiger partial charge in [0.15, 0.2) is 11.6 Å². The van der Waals surface area contributed by atoms with E-state index in [2.05, 4.69) is 30.4 Å². The molecule has 12 heteroatoms. The molecule has 1 fully saturated rings. The van der Waals surface area contributed by atoms with Crippen LogP contribution in [0.25, 0.3) is 11.1 Å². The van der Waals surface area contributed by atoms with Crippen molar-refractivity contribution in [1.82, 2.24) is 19.9 Å². The molecular weight excluding hydrogens is 466 g/mol. The van der Waals surface area contributed by atoms with Crippen LogP contribution < -0.4 is 10.3 Å². The van der Waals surface area contributed by atoms with Gasteiger partial charge in [-0.15, -0.1) is 0 Å². The van der Waals surface area contributed by atoms with Gasteiger partial charge in [-0.3, -0.25) is 9.88 Å². The minimum Gasteiger partial charge on any atom is -0.395 e. The van der Waals surface area contributed by atoms with E-state index in [4.69, 9.17) is 5.11 Å². The molecule has 2 N–H and O–H groups in total. The van der Waals surface area contributed by atoms with Gasteiger partial charge in [-0.1, -0.05) is 18.2 Å². The molecular formula is C23H23F4N7O. The van der Waals surface area contributed by atoms with Crippen molar-refractivity contribution in [2.24, 2.45) is 5.10 Å². The Morgan fingerprint density at radius 3 is 2.51 bits per heavy atom. The van der Waals surface area contributed by atoms with E-state index in [1.807, 2.05) is 4.90 Å². The van der Waals surface area contributed by atoms with Crippen LogP contribution in [0.4, 0.5) is 29.3 Å². The average molecular weight is 489 g/mol. The van der Waals surface area contributed by atoms with Gasteiger partial charge in [0.2, 0.25) is 5.95 Å². The molecule has 3 heterocycles. The van der Waals surface area contributed by atoms with Gasteiger partial charge in [-0.2, -0.15) is 23.3 Å². The van der Waals surface area contributed by atoms with Crippen molar-refractivity contribution in [3.05, 3.63) is 65.9 Å². The van der Waals surface area contributed by atoms with Gasteiger partial charge in [0, 0.05) is 44.5 Å². The third-order valence-corrected chi connectivity index (χ3v) is 5.48. The van der Waals surface area contributed by atoms with E-state index < -0.39 is 17.6 Å². The third kappa shape index (κ3) is 6.28. The summed E-state index contributed by atoms with van der Waals surface area (Å²) in [6, 6.07) is 8.28. The monoisotopic (exact) mass is 489 g/mol. The van der Waals surface area contributed by atoms with Crippen molar-refractivity contribution in [3.63, 3.8) is 0 Å². The molecule has 0 spiro atoms. The summed E-state index contributed by atoms with van der Waals surface area (Å²) < 4.78 is 53.1. The van der Waals surface area contributed by atoms with Crippen LogP contribution in [0.15, 0.2) is 53.9 Å². The molecule has 0 amide bonds. The maximum absolute atomic E-state index is 14.3. The van der Waals surface area contributed by atoms with E-state index in [0.29, 0.717) is 49.5 Å². The van der Waals surface area contributed by atoms with E-state index in [9.17, 15) is 17.6 Å². The Labute approximate surface area is 199 Å². The van der Waals surface area contributed by atoms with Crippen LogP contribution in [0.3, 0.4) is 0 Å². The van der Waals surface area contributed by atoms with Crippen LogP contribution in [-0.2, 0) is 6.18 Å². The quantitative estimate of drug-likeness (QED) is 0.299. The fourth-order valence-corrected chi connectivity index (χ4v) is 3.64. The Morgan fingerprint density at radius 2 is 1.83 bits per heavy atom. The van der Waals surface area contributed by atoms with Crippen LogP contribution in [0.1, 0.15) is 11.3 Å². The molecule has 0 unspecified atom stereocenters. The first-order chi connectivity index (χ1) is 16.8. The van der Waals surface area contributed by atoms with Gasteiger partial charge in [-0.05, 0) is 23.8 Å². The van der Waals surface area contributed by atoms with Crippen molar-refractivity contribution >= 4 is 18.0 Å². The number of anilines is 2. The highest BCUT2D eigenvalue weighted by molar-refractivity contribution is 5.78. The summed E-state index contributed by atoms with van der Waals surface area (Å²) in [7, 11) is 0.